The average Bonchev–Trinajstić information content (AvgIpc) is 2.46. The van der Waals surface area contributed by atoms with Crippen LogP contribution in [0.4, 0.5) is 0 Å². The van der Waals surface area contributed by atoms with Gasteiger partial charge in [0.2, 0.25) is 0 Å². The van der Waals surface area contributed by atoms with E-state index < -0.39 is 0 Å². The van der Waals surface area contributed by atoms with Crippen LogP contribution < -0.4 is 0 Å². The van der Waals surface area contributed by atoms with Gasteiger partial charge in [0, 0.05) is 12.8 Å². The van der Waals surface area contributed by atoms with Crippen molar-refractivity contribution in [1.82, 2.24) is 5.06 Å². The molecule has 0 aliphatic carbocycles. The highest BCUT2D eigenvalue weighted by molar-refractivity contribution is 6.00. The van der Waals surface area contributed by atoms with Crippen LogP contribution in [0.1, 0.15) is 12.8 Å². The Morgan fingerprint density at radius 2 is 1.77 bits per heavy atom. The number of carbonyl (C=O) groups excluding carboxylic acids is 3. The Labute approximate surface area is 75.9 Å². The van der Waals surface area contributed by atoms with E-state index in [0.717, 1.165) is 5.06 Å². The molecule has 1 aliphatic rings. The lowest BCUT2D eigenvalue weighted by molar-refractivity contribution is -0.179. The standard InChI is InChI=1S/C5H7NO3.C3H4O/c1-9-6-4(7)2-3-5(6)8;1-2-3-4/h2-3H2,1H3;2-3H,1H2. The number of hydroxylamine groups is 2. The first-order chi connectivity index (χ1) is 6.17. The maximum absolute atomic E-state index is 10.6. The van der Waals surface area contributed by atoms with Gasteiger partial charge in [-0.05, 0) is 6.08 Å². The van der Waals surface area contributed by atoms with Gasteiger partial charge < -0.3 is 0 Å². The largest absolute Gasteiger partial charge is 0.299 e. The van der Waals surface area contributed by atoms with Crippen LogP contribution in [0, 0.1) is 0 Å². The first-order valence-electron chi connectivity index (χ1n) is 3.63. The highest BCUT2D eigenvalue weighted by atomic mass is 16.7. The van der Waals surface area contributed by atoms with E-state index in [9.17, 15) is 9.59 Å². The highest BCUT2D eigenvalue weighted by Gasteiger charge is 2.28. The summed E-state index contributed by atoms with van der Waals surface area (Å²) in [7, 11) is 1.31. The van der Waals surface area contributed by atoms with Gasteiger partial charge in [-0.25, -0.2) is 0 Å². The monoisotopic (exact) mass is 185 g/mol. The third-order valence-corrected chi connectivity index (χ3v) is 1.28. The number of allylic oxidation sites excluding steroid dienone is 1. The summed E-state index contributed by atoms with van der Waals surface area (Å²) in [5.41, 5.74) is 0. The van der Waals surface area contributed by atoms with E-state index in [1.54, 1.807) is 0 Å². The molecule has 1 fully saturated rings. The van der Waals surface area contributed by atoms with Crippen molar-refractivity contribution in [3.63, 3.8) is 0 Å². The summed E-state index contributed by atoms with van der Waals surface area (Å²) in [4.78, 5) is 34.7. The number of aldehydes is 1. The average molecular weight is 185 g/mol. The molecule has 1 saturated heterocycles. The van der Waals surface area contributed by atoms with Gasteiger partial charge >= 0.3 is 0 Å². The van der Waals surface area contributed by atoms with Crippen LogP contribution in [0.15, 0.2) is 12.7 Å². The van der Waals surface area contributed by atoms with Crippen molar-refractivity contribution in [2.24, 2.45) is 0 Å². The highest BCUT2D eigenvalue weighted by Crippen LogP contribution is 2.10. The lowest BCUT2D eigenvalue weighted by Crippen LogP contribution is -2.27. The molecule has 2 amide bonds. The van der Waals surface area contributed by atoms with Gasteiger partial charge in [0.15, 0.2) is 0 Å². The maximum atomic E-state index is 10.6. The van der Waals surface area contributed by atoms with Crippen LogP contribution in [0.2, 0.25) is 0 Å². The van der Waals surface area contributed by atoms with Crippen LogP contribution in [0.5, 0.6) is 0 Å². The SMILES string of the molecule is C=CC=O.CON1C(=O)CCC1=O. The molecule has 0 atom stereocenters. The van der Waals surface area contributed by atoms with Crippen LogP contribution >= 0.6 is 0 Å². The molecule has 1 heterocycles. The Balaban J connectivity index is 0.000000310. The zero-order valence-corrected chi connectivity index (χ0v) is 7.36. The molecular weight excluding hydrogens is 174 g/mol. The van der Waals surface area contributed by atoms with Crippen LogP contribution in [0.25, 0.3) is 0 Å². The summed E-state index contributed by atoms with van der Waals surface area (Å²) in [6, 6.07) is 0. The maximum Gasteiger partial charge on any atom is 0.253 e. The Kier molecular flexibility index (Phi) is 5.38. The molecule has 0 radical (unpaired) electrons. The van der Waals surface area contributed by atoms with Crippen molar-refractivity contribution in [3.8, 4) is 0 Å². The van der Waals surface area contributed by atoms with Crippen molar-refractivity contribution in [2.45, 2.75) is 12.8 Å². The third-order valence-electron chi connectivity index (χ3n) is 1.28. The van der Waals surface area contributed by atoms with E-state index in [1.165, 1.54) is 13.2 Å². The Hall–Kier alpha value is -1.49. The summed E-state index contributed by atoms with van der Waals surface area (Å²) in [5.74, 6) is -0.495. The molecule has 0 unspecified atom stereocenters. The minimum absolute atomic E-state index is 0.248. The normalized spacial score (nSPS) is 15.0. The number of carbonyl (C=O) groups is 3. The molecule has 1 rings (SSSR count). The Morgan fingerprint density at radius 1 is 1.38 bits per heavy atom. The van der Waals surface area contributed by atoms with Gasteiger partial charge in [-0.15, -0.1) is 0 Å². The van der Waals surface area contributed by atoms with Crippen LogP contribution in [0.3, 0.4) is 0 Å². The molecule has 0 spiro atoms. The lowest BCUT2D eigenvalue weighted by atomic mass is 10.4. The van der Waals surface area contributed by atoms with E-state index in [0.29, 0.717) is 6.29 Å². The molecule has 5 nitrogen and oxygen atoms in total. The number of hydrogen-bond acceptors (Lipinski definition) is 4. The van der Waals surface area contributed by atoms with Gasteiger partial charge in [0.1, 0.15) is 6.29 Å². The smallest absolute Gasteiger partial charge is 0.253 e. The van der Waals surface area contributed by atoms with Crippen molar-refractivity contribution in [2.75, 3.05) is 7.11 Å². The summed E-state index contributed by atoms with van der Waals surface area (Å²) in [6.45, 7) is 3.11. The van der Waals surface area contributed by atoms with E-state index in [-0.39, 0.29) is 24.7 Å². The molecule has 0 saturated carbocycles. The fraction of sp³-hybridized carbons (Fsp3) is 0.375. The number of nitrogens with zero attached hydrogens (tertiary/aromatic N) is 1. The quantitative estimate of drug-likeness (QED) is 0.347. The van der Waals surface area contributed by atoms with Crippen LogP contribution in [-0.2, 0) is 19.2 Å². The fourth-order valence-electron chi connectivity index (χ4n) is 0.760. The third kappa shape index (κ3) is 3.62. The molecule has 1 aliphatic heterocycles. The molecule has 0 aromatic carbocycles. The van der Waals surface area contributed by atoms with E-state index in [4.69, 9.17) is 4.79 Å². The van der Waals surface area contributed by atoms with Crippen molar-refractivity contribution < 1.29 is 19.2 Å². The van der Waals surface area contributed by atoms with Gasteiger partial charge in [-0.3, -0.25) is 19.2 Å². The zero-order valence-electron chi connectivity index (χ0n) is 7.36. The molecule has 0 aromatic heterocycles. The second-order valence-electron chi connectivity index (χ2n) is 2.14. The zero-order chi connectivity index (χ0) is 10.3. The van der Waals surface area contributed by atoms with Crippen molar-refractivity contribution >= 4 is 18.1 Å². The molecule has 72 valence electrons. The van der Waals surface area contributed by atoms with Crippen molar-refractivity contribution in [1.29, 1.82) is 0 Å². The second-order valence-corrected chi connectivity index (χ2v) is 2.14. The van der Waals surface area contributed by atoms with Crippen molar-refractivity contribution in [3.05, 3.63) is 12.7 Å². The molecular formula is C8H11NO4. The number of rotatable bonds is 2. The Bertz CT molecular complexity index is 202. The van der Waals surface area contributed by atoms with E-state index in [1.807, 2.05) is 0 Å². The first-order valence-corrected chi connectivity index (χ1v) is 3.63. The predicted molar refractivity (Wildman–Crippen MR) is 44.4 cm³/mol. The minimum Gasteiger partial charge on any atom is -0.299 e. The molecule has 0 aromatic rings. The topological polar surface area (TPSA) is 63.7 Å². The lowest BCUT2D eigenvalue weighted by Gasteiger charge is -2.07. The number of imide groups is 1. The van der Waals surface area contributed by atoms with E-state index in [2.05, 4.69) is 11.4 Å². The van der Waals surface area contributed by atoms with Gasteiger partial charge in [-0.2, -0.15) is 5.06 Å². The molecule has 5 heteroatoms. The molecule has 0 bridgehead atoms. The molecule has 13 heavy (non-hydrogen) atoms. The van der Waals surface area contributed by atoms with Gasteiger partial charge in [0.05, 0.1) is 7.11 Å². The predicted octanol–water partition coefficient (Wildman–Crippen LogP) is 0.0681. The first kappa shape index (κ1) is 11.5. The summed E-state index contributed by atoms with van der Waals surface area (Å²) >= 11 is 0. The summed E-state index contributed by atoms with van der Waals surface area (Å²) in [5, 5.41) is 0.792. The second kappa shape index (κ2) is 6.07. The molecule has 0 N–H and O–H groups in total. The van der Waals surface area contributed by atoms with Crippen LogP contribution in [-0.4, -0.2) is 30.3 Å². The number of amides is 2. The Morgan fingerprint density at radius 3 is 1.92 bits per heavy atom. The van der Waals surface area contributed by atoms with Gasteiger partial charge in [0.25, 0.3) is 11.8 Å². The number of hydrogen-bond donors (Lipinski definition) is 0. The fourth-order valence-corrected chi connectivity index (χ4v) is 0.760. The van der Waals surface area contributed by atoms with E-state index >= 15 is 0 Å². The summed E-state index contributed by atoms with van der Waals surface area (Å²) in [6.07, 6.45) is 2.40. The summed E-state index contributed by atoms with van der Waals surface area (Å²) < 4.78 is 0. The minimum atomic E-state index is -0.248. The van der Waals surface area contributed by atoms with Gasteiger partial charge in [-0.1, -0.05) is 6.58 Å².